The van der Waals surface area contributed by atoms with Crippen LogP contribution in [0.25, 0.3) is 0 Å². The molecule has 1 aromatic carbocycles. The van der Waals surface area contributed by atoms with Crippen LogP contribution in [0.1, 0.15) is 56.1 Å². The molecule has 0 bridgehead atoms. The zero-order valence-electron chi connectivity index (χ0n) is 18.4. The van der Waals surface area contributed by atoms with Crippen LogP contribution in [-0.2, 0) is 27.3 Å². The third-order valence-corrected chi connectivity index (χ3v) is 5.67. The van der Waals surface area contributed by atoms with Crippen molar-refractivity contribution in [3.63, 3.8) is 0 Å². The van der Waals surface area contributed by atoms with E-state index in [9.17, 15) is 14.4 Å². The first-order valence-corrected chi connectivity index (χ1v) is 11.3. The second-order valence-corrected chi connectivity index (χ2v) is 8.29. The third-order valence-electron chi connectivity index (χ3n) is 5.67. The predicted molar refractivity (Wildman–Crippen MR) is 121 cm³/mol. The summed E-state index contributed by atoms with van der Waals surface area (Å²) in [5.74, 6) is -0.643. The van der Waals surface area contributed by atoms with E-state index in [-0.39, 0.29) is 30.6 Å². The number of carboxylic acids is 1. The van der Waals surface area contributed by atoms with Gasteiger partial charge in [0.05, 0.1) is 18.8 Å². The highest BCUT2D eigenvalue weighted by atomic mass is 16.4. The summed E-state index contributed by atoms with van der Waals surface area (Å²) in [5.41, 5.74) is 2.03. The topological polar surface area (TPSA) is 92.5 Å². The maximum absolute atomic E-state index is 12.4. The van der Waals surface area contributed by atoms with Crippen molar-refractivity contribution < 1.29 is 19.5 Å². The Labute approximate surface area is 188 Å². The van der Waals surface area contributed by atoms with Gasteiger partial charge in [-0.2, -0.15) is 5.10 Å². The van der Waals surface area contributed by atoms with Crippen molar-refractivity contribution in [3.8, 4) is 0 Å². The van der Waals surface area contributed by atoms with E-state index < -0.39 is 5.97 Å². The molecule has 1 aromatic heterocycles. The smallest absolute Gasteiger partial charge is 0.303 e. The molecular weight excluding hydrogens is 406 g/mol. The molecule has 170 valence electrons. The van der Waals surface area contributed by atoms with Crippen molar-refractivity contribution in [1.82, 2.24) is 14.7 Å². The van der Waals surface area contributed by atoms with E-state index in [1.165, 1.54) is 0 Å². The Morgan fingerprint density at radius 3 is 2.66 bits per heavy atom. The number of unbranched alkanes of at least 4 members (excludes halogenated alkanes) is 3. The second-order valence-electron chi connectivity index (χ2n) is 8.29. The van der Waals surface area contributed by atoms with Gasteiger partial charge in [0, 0.05) is 32.0 Å². The lowest BCUT2D eigenvalue weighted by Gasteiger charge is -2.22. The highest BCUT2D eigenvalue weighted by Crippen LogP contribution is 2.21. The Hall–Kier alpha value is -3.22. The molecule has 7 heteroatoms. The quantitative estimate of drug-likeness (QED) is 0.382. The second kappa shape index (κ2) is 12.0. The van der Waals surface area contributed by atoms with Gasteiger partial charge in [-0.3, -0.25) is 19.1 Å². The van der Waals surface area contributed by atoms with Crippen molar-refractivity contribution in [3.05, 3.63) is 66.0 Å². The maximum Gasteiger partial charge on any atom is 0.303 e. The van der Waals surface area contributed by atoms with Gasteiger partial charge in [-0.15, -0.1) is 0 Å². The molecule has 2 aromatic rings. The number of allylic oxidation sites excluding steroid dienone is 1. The Morgan fingerprint density at radius 1 is 1.09 bits per heavy atom. The van der Waals surface area contributed by atoms with Crippen LogP contribution in [0.5, 0.6) is 0 Å². The summed E-state index contributed by atoms with van der Waals surface area (Å²) in [6.07, 6.45) is 12.1. The Morgan fingerprint density at radius 2 is 1.88 bits per heavy atom. The predicted octanol–water partition coefficient (Wildman–Crippen LogP) is 3.63. The third kappa shape index (κ3) is 7.48. The number of aromatic nitrogens is 2. The number of hydrogen-bond donors (Lipinski definition) is 1. The van der Waals surface area contributed by atoms with E-state index in [4.69, 9.17) is 5.11 Å². The van der Waals surface area contributed by atoms with E-state index in [0.717, 1.165) is 36.8 Å². The van der Waals surface area contributed by atoms with Crippen LogP contribution in [0.15, 0.2) is 54.9 Å². The molecule has 0 spiro atoms. The standard InChI is InChI=1S/C25H31N3O4/c29-23(16-21-17-26-27(19-21)18-20-8-4-3-5-9-20)13-11-22-12-14-24(30)28(22)15-7-2-1-6-10-25(31)32/h3-5,8-9,11,13,17,19,22H,1-2,6-7,10,12,14-16,18H2,(H,31,32). The summed E-state index contributed by atoms with van der Waals surface area (Å²) in [6.45, 7) is 1.32. The number of aliphatic carboxylic acids is 1. The number of nitrogens with zero attached hydrogens (tertiary/aromatic N) is 3. The molecule has 1 amide bonds. The van der Waals surface area contributed by atoms with Crippen LogP contribution in [-0.4, -0.2) is 50.0 Å². The molecule has 1 atom stereocenters. The van der Waals surface area contributed by atoms with Gasteiger partial charge in [-0.25, -0.2) is 0 Å². The minimum Gasteiger partial charge on any atom is -0.481 e. The van der Waals surface area contributed by atoms with Gasteiger partial charge in [-0.1, -0.05) is 49.2 Å². The molecule has 0 saturated carbocycles. The van der Waals surface area contributed by atoms with Crippen molar-refractivity contribution in [2.24, 2.45) is 0 Å². The Kier molecular flexibility index (Phi) is 8.78. The average molecular weight is 438 g/mol. The number of amides is 1. The lowest BCUT2D eigenvalue weighted by Crippen LogP contribution is -2.32. The highest BCUT2D eigenvalue weighted by Gasteiger charge is 2.28. The minimum atomic E-state index is -0.766. The largest absolute Gasteiger partial charge is 0.481 e. The summed E-state index contributed by atoms with van der Waals surface area (Å²) >= 11 is 0. The summed E-state index contributed by atoms with van der Waals surface area (Å²) in [6, 6.07) is 10.0. The normalized spacial score (nSPS) is 16.2. The van der Waals surface area contributed by atoms with Crippen LogP contribution in [0.4, 0.5) is 0 Å². The van der Waals surface area contributed by atoms with Gasteiger partial charge in [-0.05, 0) is 36.5 Å². The number of likely N-dealkylation sites (tertiary alicyclic amines) is 1. The van der Waals surface area contributed by atoms with Crippen molar-refractivity contribution >= 4 is 17.7 Å². The maximum atomic E-state index is 12.4. The van der Waals surface area contributed by atoms with E-state index >= 15 is 0 Å². The number of benzene rings is 1. The number of ketones is 1. The molecule has 1 unspecified atom stereocenters. The van der Waals surface area contributed by atoms with Crippen LogP contribution in [0, 0.1) is 0 Å². The number of carbonyl (C=O) groups is 3. The van der Waals surface area contributed by atoms with E-state index in [1.807, 2.05) is 52.2 Å². The molecule has 7 nitrogen and oxygen atoms in total. The van der Waals surface area contributed by atoms with Gasteiger partial charge >= 0.3 is 5.97 Å². The Balaban J connectivity index is 1.43. The van der Waals surface area contributed by atoms with Gasteiger partial charge < -0.3 is 10.0 Å². The number of rotatable bonds is 13. The van der Waals surface area contributed by atoms with Gasteiger partial charge in [0.25, 0.3) is 0 Å². The fourth-order valence-corrected chi connectivity index (χ4v) is 3.99. The fourth-order valence-electron chi connectivity index (χ4n) is 3.99. The van der Waals surface area contributed by atoms with Crippen molar-refractivity contribution in [2.45, 2.75) is 64.0 Å². The number of hydrogen-bond acceptors (Lipinski definition) is 4. The monoisotopic (exact) mass is 437 g/mol. The van der Waals surface area contributed by atoms with Crippen molar-refractivity contribution in [2.75, 3.05) is 6.54 Å². The zero-order valence-corrected chi connectivity index (χ0v) is 18.4. The molecule has 32 heavy (non-hydrogen) atoms. The molecule has 1 aliphatic heterocycles. The Bertz CT molecular complexity index is 936. The molecule has 2 heterocycles. The van der Waals surface area contributed by atoms with Crippen LogP contribution in [0.3, 0.4) is 0 Å². The SMILES string of the molecule is O=C(O)CCCCCCN1C(=O)CCC1C=CC(=O)Cc1cnn(Cc2ccccc2)c1. The van der Waals surface area contributed by atoms with Gasteiger partial charge in [0.15, 0.2) is 5.78 Å². The summed E-state index contributed by atoms with van der Waals surface area (Å²) in [7, 11) is 0. The highest BCUT2D eigenvalue weighted by molar-refractivity contribution is 5.91. The molecule has 0 radical (unpaired) electrons. The fraction of sp³-hybridized carbons (Fsp3) is 0.440. The summed E-state index contributed by atoms with van der Waals surface area (Å²) < 4.78 is 1.83. The van der Waals surface area contributed by atoms with Crippen molar-refractivity contribution in [1.29, 1.82) is 0 Å². The van der Waals surface area contributed by atoms with Crippen LogP contribution in [0.2, 0.25) is 0 Å². The first-order chi connectivity index (χ1) is 15.5. The summed E-state index contributed by atoms with van der Waals surface area (Å²) in [5, 5.41) is 13.0. The first kappa shape index (κ1) is 23.4. The van der Waals surface area contributed by atoms with E-state index in [1.54, 1.807) is 12.3 Å². The average Bonchev–Trinajstić information content (AvgIpc) is 3.35. The lowest BCUT2D eigenvalue weighted by atomic mass is 10.1. The molecule has 3 rings (SSSR count). The molecule has 1 aliphatic rings. The summed E-state index contributed by atoms with van der Waals surface area (Å²) in [4.78, 5) is 37.0. The zero-order chi connectivity index (χ0) is 22.8. The molecule has 0 aliphatic carbocycles. The lowest BCUT2D eigenvalue weighted by molar-refractivity contribution is -0.137. The van der Waals surface area contributed by atoms with Gasteiger partial charge in [0.1, 0.15) is 0 Å². The molecular formula is C25H31N3O4. The number of carboxylic acid groups (broad SMARTS) is 1. The number of carbonyl (C=O) groups excluding carboxylic acids is 2. The molecule has 1 N–H and O–H groups in total. The minimum absolute atomic E-state index is 0.00256. The van der Waals surface area contributed by atoms with E-state index in [0.29, 0.717) is 25.9 Å². The van der Waals surface area contributed by atoms with Crippen LogP contribution < -0.4 is 0 Å². The van der Waals surface area contributed by atoms with E-state index in [2.05, 4.69) is 5.10 Å². The van der Waals surface area contributed by atoms with Crippen LogP contribution >= 0.6 is 0 Å². The molecule has 1 saturated heterocycles. The van der Waals surface area contributed by atoms with Gasteiger partial charge in [0.2, 0.25) is 5.91 Å². The molecule has 1 fully saturated rings. The first-order valence-electron chi connectivity index (χ1n) is 11.3.